The van der Waals surface area contributed by atoms with Gasteiger partial charge < -0.3 is 4.74 Å². The summed E-state index contributed by atoms with van der Waals surface area (Å²) in [7, 11) is 3.28. The van der Waals surface area contributed by atoms with Gasteiger partial charge >= 0.3 is 0 Å². The van der Waals surface area contributed by atoms with E-state index < -0.39 is 0 Å². The molecule has 0 aromatic carbocycles. The van der Waals surface area contributed by atoms with Crippen LogP contribution < -0.4 is 0 Å². The Labute approximate surface area is 140 Å². The third-order valence-electron chi connectivity index (χ3n) is 4.15. The summed E-state index contributed by atoms with van der Waals surface area (Å²) in [6.45, 7) is 2.29. The van der Waals surface area contributed by atoms with Gasteiger partial charge in [-0.15, -0.1) is 0 Å². The summed E-state index contributed by atoms with van der Waals surface area (Å²) in [6.07, 6.45) is 28.8. The van der Waals surface area contributed by atoms with E-state index in [9.17, 15) is 0 Å². The van der Waals surface area contributed by atoms with E-state index in [0.29, 0.717) is 0 Å². The summed E-state index contributed by atoms with van der Waals surface area (Å²) in [5, 5.41) is 0. The SMILES string of the molecule is [CH2]O/C=C/C=C/CCCCCCCCCCCCCCCC. The molecule has 0 aromatic heterocycles. The lowest BCUT2D eigenvalue weighted by atomic mass is 10.0. The smallest absolute Gasteiger partial charge is 0.121 e. The van der Waals surface area contributed by atoms with E-state index >= 15 is 0 Å². The molecule has 0 atom stereocenters. The van der Waals surface area contributed by atoms with E-state index in [-0.39, 0.29) is 0 Å². The first-order valence-electron chi connectivity index (χ1n) is 9.64. The molecule has 0 saturated carbocycles. The molecule has 0 saturated heterocycles. The van der Waals surface area contributed by atoms with Crippen LogP contribution in [-0.2, 0) is 4.74 Å². The van der Waals surface area contributed by atoms with Crippen LogP contribution in [0, 0.1) is 7.11 Å². The van der Waals surface area contributed by atoms with Crippen molar-refractivity contribution in [3.63, 3.8) is 0 Å². The first kappa shape index (κ1) is 21.3. The lowest BCUT2D eigenvalue weighted by molar-refractivity contribution is 0.394. The molecule has 1 radical (unpaired) electrons. The monoisotopic (exact) mass is 307 g/mol. The van der Waals surface area contributed by atoms with Gasteiger partial charge in [0.1, 0.15) is 7.11 Å². The minimum atomic E-state index is 1.18. The molecule has 0 N–H and O–H groups in total. The lowest BCUT2D eigenvalue weighted by Gasteiger charge is -2.02. The number of rotatable bonds is 17. The molecular formula is C21H39O. The van der Waals surface area contributed by atoms with Crippen molar-refractivity contribution in [1.29, 1.82) is 0 Å². The molecule has 22 heavy (non-hydrogen) atoms. The summed E-state index contributed by atoms with van der Waals surface area (Å²) in [5.74, 6) is 0. The van der Waals surface area contributed by atoms with Crippen LogP contribution in [-0.4, -0.2) is 0 Å². The van der Waals surface area contributed by atoms with Crippen LogP contribution in [0.1, 0.15) is 103 Å². The Morgan fingerprint density at radius 2 is 1.09 bits per heavy atom. The highest BCUT2D eigenvalue weighted by Crippen LogP contribution is 2.13. The molecule has 0 rings (SSSR count). The van der Waals surface area contributed by atoms with E-state index in [2.05, 4.69) is 24.8 Å². The molecule has 0 heterocycles. The minimum Gasteiger partial charge on any atom is -0.498 e. The Kier molecular flexibility index (Phi) is 19.6. The number of allylic oxidation sites excluding steroid dienone is 3. The van der Waals surface area contributed by atoms with Crippen LogP contribution in [0.5, 0.6) is 0 Å². The van der Waals surface area contributed by atoms with Crippen LogP contribution >= 0.6 is 0 Å². The van der Waals surface area contributed by atoms with Crippen molar-refractivity contribution in [2.45, 2.75) is 103 Å². The predicted molar refractivity (Wildman–Crippen MR) is 99.7 cm³/mol. The maximum absolute atomic E-state index is 4.59. The van der Waals surface area contributed by atoms with Crippen molar-refractivity contribution in [3.8, 4) is 0 Å². The maximum Gasteiger partial charge on any atom is 0.121 e. The van der Waals surface area contributed by atoms with Crippen LogP contribution in [0.2, 0.25) is 0 Å². The highest BCUT2D eigenvalue weighted by molar-refractivity contribution is 4.99. The molecule has 0 aliphatic rings. The van der Waals surface area contributed by atoms with Crippen molar-refractivity contribution >= 4 is 0 Å². The zero-order valence-corrected chi connectivity index (χ0v) is 15.0. The molecule has 1 nitrogen and oxygen atoms in total. The van der Waals surface area contributed by atoms with Gasteiger partial charge in [0, 0.05) is 0 Å². The first-order valence-corrected chi connectivity index (χ1v) is 9.64. The van der Waals surface area contributed by atoms with Gasteiger partial charge in [0.05, 0.1) is 6.26 Å². The molecular weight excluding hydrogens is 268 g/mol. The largest absolute Gasteiger partial charge is 0.498 e. The van der Waals surface area contributed by atoms with Gasteiger partial charge in [0.25, 0.3) is 0 Å². The van der Waals surface area contributed by atoms with E-state index in [1.807, 2.05) is 12.2 Å². The van der Waals surface area contributed by atoms with Crippen LogP contribution in [0.3, 0.4) is 0 Å². The van der Waals surface area contributed by atoms with Gasteiger partial charge in [-0.2, -0.15) is 0 Å². The van der Waals surface area contributed by atoms with Crippen molar-refractivity contribution in [3.05, 3.63) is 31.6 Å². The molecule has 0 fully saturated rings. The summed E-state index contributed by atoms with van der Waals surface area (Å²) >= 11 is 0. The van der Waals surface area contributed by atoms with Crippen LogP contribution in [0.15, 0.2) is 24.5 Å². The Morgan fingerprint density at radius 3 is 1.55 bits per heavy atom. The molecule has 0 aromatic rings. The second kappa shape index (κ2) is 20.3. The standard InChI is InChI=1S/C21H39O/c1-3-4-5-6-7-8-9-10-11-12-13-14-15-16-17-18-19-20-21-22-2/h18-21H,2-17H2,1H3/b19-18+,21-20+. The molecule has 0 amide bonds. The Hall–Kier alpha value is -0.720. The van der Waals surface area contributed by atoms with E-state index in [1.54, 1.807) is 6.26 Å². The zero-order valence-electron chi connectivity index (χ0n) is 15.0. The van der Waals surface area contributed by atoms with Gasteiger partial charge in [-0.25, -0.2) is 0 Å². The summed E-state index contributed by atoms with van der Waals surface area (Å²) < 4.78 is 4.59. The quantitative estimate of drug-likeness (QED) is 0.152. The van der Waals surface area contributed by atoms with E-state index in [0.717, 1.165) is 0 Å². The predicted octanol–water partition coefficient (Wildman–Crippen LogP) is 7.74. The van der Waals surface area contributed by atoms with Crippen molar-refractivity contribution in [1.82, 2.24) is 0 Å². The molecule has 0 spiro atoms. The molecule has 1 heteroatoms. The normalized spacial score (nSPS) is 11.7. The van der Waals surface area contributed by atoms with Gasteiger partial charge in [0.15, 0.2) is 0 Å². The molecule has 0 aliphatic carbocycles. The number of unbranched alkanes of at least 4 members (excludes halogenated alkanes) is 14. The van der Waals surface area contributed by atoms with Gasteiger partial charge in [0.2, 0.25) is 0 Å². The Bertz CT molecular complexity index is 242. The fourth-order valence-corrected chi connectivity index (χ4v) is 2.73. The van der Waals surface area contributed by atoms with Crippen molar-refractivity contribution < 1.29 is 4.74 Å². The Morgan fingerprint density at radius 1 is 0.636 bits per heavy atom. The van der Waals surface area contributed by atoms with E-state index in [1.165, 1.54) is 96.3 Å². The summed E-state index contributed by atoms with van der Waals surface area (Å²) in [6, 6.07) is 0. The van der Waals surface area contributed by atoms with Crippen LogP contribution in [0.4, 0.5) is 0 Å². The highest BCUT2D eigenvalue weighted by Gasteiger charge is 1.93. The summed E-state index contributed by atoms with van der Waals surface area (Å²) in [4.78, 5) is 0. The highest BCUT2D eigenvalue weighted by atomic mass is 16.5. The molecule has 0 aliphatic heterocycles. The third-order valence-corrected chi connectivity index (χ3v) is 4.15. The van der Waals surface area contributed by atoms with Crippen LogP contribution in [0.25, 0.3) is 0 Å². The third kappa shape index (κ3) is 19.3. The average molecular weight is 308 g/mol. The second-order valence-electron chi connectivity index (χ2n) is 6.31. The molecule has 0 bridgehead atoms. The number of hydrogen-bond acceptors (Lipinski definition) is 1. The average Bonchev–Trinajstić information content (AvgIpc) is 2.54. The molecule has 0 unspecified atom stereocenters. The van der Waals surface area contributed by atoms with E-state index in [4.69, 9.17) is 0 Å². The van der Waals surface area contributed by atoms with Crippen molar-refractivity contribution in [2.75, 3.05) is 0 Å². The van der Waals surface area contributed by atoms with Gasteiger partial charge in [-0.05, 0) is 18.9 Å². The topological polar surface area (TPSA) is 9.23 Å². The minimum absolute atomic E-state index is 1.18. The number of ether oxygens (including phenoxy) is 1. The van der Waals surface area contributed by atoms with Crippen molar-refractivity contribution in [2.24, 2.45) is 0 Å². The van der Waals surface area contributed by atoms with Gasteiger partial charge in [-0.1, -0.05) is 103 Å². The fourth-order valence-electron chi connectivity index (χ4n) is 2.73. The molecule has 129 valence electrons. The first-order chi connectivity index (χ1) is 10.9. The lowest BCUT2D eigenvalue weighted by Crippen LogP contribution is -1.83. The number of hydrogen-bond donors (Lipinski definition) is 0. The fraction of sp³-hybridized carbons (Fsp3) is 0.762. The van der Waals surface area contributed by atoms with Gasteiger partial charge in [-0.3, -0.25) is 0 Å². The summed E-state index contributed by atoms with van der Waals surface area (Å²) in [5.41, 5.74) is 0. The second-order valence-corrected chi connectivity index (χ2v) is 6.31. The maximum atomic E-state index is 4.59. The Balaban J connectivity index is 3.02. The zero-order chi connectivity index (χ0) is 16.1.